The summed E-state index contributed by atoms with van der Waals surface area (Å²) in [6, 6.07) is 0. The van der Waals surface area contributed by atoms with Crippen molar-refractivity contribution >= 4 is 11.9 Å². The van der Waals surface area contributed by atoms with E-state index in [2.05, 4.69) is 0 Å². The zero-order valence-electron chi connectivity index (χ0n) is 8.69. The lowest BCUT2D eigenvalue weighted by atomic mass is 10.3. The van der Waals surface area contributed by atoms with Gasteiger partial charge in [-0.3, -0.25) is 4.79 Å². The van der Waals surface area contributed by atoms with Crippen molar-refractivity contribution in [3.05, 3.63) is 0 Å². The number of nitrogens with zero attached hydrogens (tertiary/aromatic N) is 1. The highest BCUT2D eigenvalue weighted by Gasteiger charge is 2.56. The maximum absolute atomic E-state index is 10.9. The lowest BCUT2D eigenvalue weighted by molar-refractivity contribution is -0.872. The number of rotatable bonds is 4. The Morgan fingerprint density at radius 1 is 1.29 bits per heavy atom. The molecule has 0 heterocycles. The average molecular weight is 200 g/mol. The number of aliphatic carboxylic acids is 1. The van der Waals surface area contributed by atoms with Crippen LogP contribution in [0.1, 0.15) is 0 Å². The molecule has 0 radical (unpaired) electrons. The SMILES string of the molecule is C[N+](C)(C)CC1C(C(N)=O)C1C(=O)[O-]. The van der Waals surface area contributed by atoms with Crippen molar-refractivity contribution in [3.8, 4) is 0 Å². The number of carbonyl (C=O) groups is 2. The van der Waals surface area contributed by atoms with Gasteiger partial charge in [0.2, 0.25) is 5.91 Å². The molecule has 5 nitrogen and oxygen atoms in total. The van der Waals surface area contributed by atoms with Gasteiger partial charge in [-0.15, -0.1) is 0 Å². The first-order valence-corrected chi connectivity index (χ1v) is 4.54. The van der Waals surface area contributed by atoms with Crippen molar-refractivity contribution in [2.45, 2.75) is 0 Å². The molecule has 0 aromatic carbocycles. The number of amides is 1. The molecule has 1 fully saturated rings. The number of primary amides is 1. The van der Waals surface area contributed by atoms with E-state index in [-0.39, 0.29) is 5.92 Å². The van der Waals surface area contributed by atoms with E-state index in [1.807, 2.05) is 21.1 Å². The molecule has 2 N–H and O–H groups in total. The second-order valence-electron chi connectivity index (χ2n) is 4.91. The Hall–Kier alpha value is -1.10. The molecule has 14 heavy (non-hydrogen) atoms. The number of carboxylic acids is 1. The summed E-state index contributed by atoms with van der Waals surface area (Å²) in [5.74, 6) is -3.05. The Morgan fingerprint density at radius 3 is 2.00 bits per heavy atom. The molecule has 5 heteroatoms. The zero-order chi connectivity index (χ0) is 11.1. The molecule has 3 unspecified atom stereocenters. The predicted octanol–water partition coefficient (Wildman–Crippen LogP) is -2.21. The number of carboxylic acid groups (broad SMARTS) is 1. The lowest BCUT2D eigenvalue weighted by Gasteiger charge is -2.24. The first kappa shape index (κ1) is 11.0. The minimum Gasteiger partial charge on any atom is -0.550 e. The molecule has 0 saturated heterocycles. The summed E-state index contributed by atoms with van der Waals surface area (Å²) in [6.45, 7) is 0.631. The van der Waals surface area contributed by atoms with E-state index in [1.165, 1.54) is 0 Å². The van der Waals surface area contributed by atoms with E-state index in [0.717, 1.165) is 0 Å². The molecule has 1 aliphatic rings. The summed E-state index contributed by atoms with van der Waals surface area (Å²) in [5.41, 5.74) is 5.10. The fourth-order valence-electron chi connectivity index (χ4n) is 1.94. The van der Waals surface area contributed by atoms with Crippen LogP contribution in [0.5, 0.6) is 0 Å². The summed E-state index contributed by atoms with van der Waals surface area (Å²) in [6.07, 6.45) is 0. The molecule has 0 aromatic heterocycles. The molecule has 1 rings (SSSR count). The first-order valence-electron chi connectivity index (χ1n) is 4.54. The van der Waals surface area contributed by atoms with E-state index < -0.39 is 23.7 Å². The zero-order valence-corrected chi connectivity index (χ0v) is 8.69. The van der Waals surface area contributed by atoms with Gasteiger partial charge in [0.15, 0.2) is 0 Å². The van der Waals surface area contributed by atoms with E-state index in [0.29, 0.717) is 11.0 Å². The van der Waals surface area contributed by atoms with E-state index in [1.54, 1.807) is 0 Å². The van der Waals surface area contributed by atoms with E-state index in [9.17, 15) is 14.7 Å². The fraction of sp³-hybridized carbons (Fsp3) is 0.778. The molecule has 0 aliphatic heterocycles. The molecule has 3 atom stereocenters. The number of hydrogen-bond donors (Lipinski definition) is 1. The van der Waals surface area contributed by atoms with Gasteiger partial charge in [-0.1, -0.05) is 0 Å². The second-order valence-corrected chi connectivity index (χ2v) is 4.91. The summed E-state index contributed by atoms with van der Waals surface area (Å²) >= 11 is 0. The van der Waals surface area contributed by atoms with Gasteiger partial charge in [0.25, 0.3) is 0 Å². The molecule has 1 saturated carbocycles. The first-order chi connectivity index (χ1) is 6.24. The van der Waals surface area contributed by atoms with Gasteiger partial charge < -0.3 is 20.1 Å². The van der Waals surface area contributed by atoms with Gasteiger partial charge >= 0.3 is 0 Å². The monoisotopic (exact) mass is 200 g/mol. The van der Waals surface area contributed by atoms with Crippen LogP contribution in [0.4, 0.5) is 0 Å². The average Bonchev–Trinajstić information content (AvgIpc) is 2.57. The van der Waals surface area contributed by atoms with Gasteiger partial charge in [0, 0.05) is 17.8 Å². The lowest BCUT2D eigenvalue weighted by Crippen LogP contribution is -2.38. The summed E-state index contributed by atoms with van der Waals surface area (Å²) < 4.78 is 0.623. The minimum atomic E-state index is -1.16. The van der Waals surface area contributed by atoms with Crippen LogP contribution in [0.15, 0.2) is 0 Å². The number of nitrogens with two attached hydrogens (primary N) is 1. The van der Waals surface area contributed by atoms with Gasteiger partial charge in [-0.05, 0) is 0 Å². The molecule has 80 valence electrons. The van der Waals surface area contributed by atoms with Crippen molar-refractivity contribution in [1.82, 2.24) is 0 Å². The highest BCUT2D eigenvalue weighted by Crippen LogP contribution is 2.46. The molecular weight excluding hydrogens is 184 g/mol. The van der Waals surface area contributed by atoms with Crippen molar-refractivity contribution in [2.24, 2.45) is 23.5 Å². The minimum absolute atomic E-state index is 0.155. The second kappa shape index (κ2) is 3.24. The third-order valence-electron chi connectivity index (χ3n) is 2.53. The Balaban J connectivity index is 2.64. The Kier molecular flexibility index (Phi) is 2.54. The highest BCUT2D eigenvalue weighted by atomic mass is 16.4. The maximum Gasteiger partial charge on any atom is 0.221 e. The van der Waals surface area contributed by atoms with Gasteiger partial charge in [0.05, 0.1) is 33.6 Å². The number of hydrogen-bond acceptors (Lipinski definition) is 3. The van der Waals surface area contributed by atoms with Crippen LogP contribution in [0.3, 0.4) is 0 Å². The van der Waals surface area contributed by atoms with Crippen molar-refractivity contribution in [3.63, 3.8) is 0 Å². The van der Waals surface area contributed by atoms with Crippen molar-refractivity contribution in [1.29, 1.82) is 0 Å². The molecule has 1 amide bonds. The Labute approximate surface area is 83.1 Å². The van der Waals surface area contributed by atoms with Crippen LogP contribution in [-0.4, -0.2) is 44.0 Å². The van der Waals surface area contributed by atoms with Crippen LogP contribution < -0.4 is 10.8 Å². The van der Waals surface area contributed by atoms with Crippen LogP contribution in [0.2, 0.25) is 0 Å². The highest BCUT2D eigenvalue weighted by molar-refractivity contribution is 5.88. The largest absolute Gasteiger partial charge is 0.550 e. The van der Waals surface area contributed by atoms with Crippen molar-refractivity contribution < 1.29 is 19.2 Å². The molecule has 0 bridgehead atoms. The maximum atomic E-state index is 10.9. The van der Waals surface area contributed by atoms with Gasteiger partial charge in [0.1, 0.15) is 0 Å². The van der Waals surface area contributed by atoms with Crippen LogP contribution in [0.25, 0.3) is 0 Å². The van der Waals surface area contributed by atoms with Crippen LogP contribution in [0, 0.1) is 17.8 Å². The number of quaternary nitrogens is 1. The molecular formula is C9H16N2O3. The Bertz CT molecular complexity index is 250. The quantitative estimate of drug-likeness (QED) is 0.522. The van der Waals surface area contributed by atoms with E-state index >= 15 is 0 Å². The molecule has 1 aliphatic carbocycles. The third kappa shape index (κ3) is 2.23. The van der Waals surface area contributed by atoms with Crippen molar-refractivity contribution in [2.75, 3.05) is 27.7 Å². The van der Waals surface area contributed by atoms with Gasteiger partial charge in [-0.2, -0.15) is 0 Å². The fourth-order valence-corrected chi connectivity index (χ4v) is 1.94. The standard InChI is InChI=1S/C9H16N2O3/c1-11(2,3)4-5-6(8(10)12)7(5)9(13)14/h5-7H,4H2,1-3H3,(H2-,10,12,13,14). The smallest absolute Gasteiger partial charge is 0.221 e. The summed E-state index contributed by atoms with van der Waals surface area (Å²) in [5, 5.41) is 10.6. The number of carbonyl (C=O) groups excluding carboxylic acids is 2. The predicted molar refractivity (Wildman–Crippen MR) is 47.6 cm³/mol. The summed E-state index contributed by atoms with van der Waals surface area (Å²) in [7, 11) is 5.84. The van der Waals surface area contributed by atoms with Crippen LogP contribution >= 0.6 is 0 Å². The Morgan fingerprint density at radius 2 is 1.79 bits per heavy atom. The summed E-state index contributed by atoms with van der Waals surface area (Å²) in [4.78, 5) is 21.5. The third-order valence-corrected chi connectivity index (χ3v) is 2.53. The normalized spacial score (nSPS) is 31.2. The molecule has 0 spiro atoms. The molecule has 0 aromatic rings. The van der Waals surface area contributed by atoms with Gasteiger partial charge in [-0.25, -0.2) is 0 Å². The topological polar surface area (TPSA) is 83.2 Å². The van der Waals surface area contributed by atoms with E-state index in [4.69, 9.17) is 5.73 Å². The van der Waals surface area contributed by atoms with Crippen LogP contribution in [-0.2, 0) is 9.59 Å².